The summed E-state index contributed by atoms with van der Waals surface area (Å²) >= 11 is 0. The van der Waals surface area contributed by atoms with Crippen molar-refractivity contribution in [1.29, 1.82) is 0 Å². The number of carbonyl (C=O) groups is 1. The Morgan fingerprint density at radius 3 is 3.12 bits per heavy atom. The highest BCUT2D eigenvalue weighted by Crippen LogP contribution is 2.15. The number of carbonyl (C=O) groups excluding carboxylic acids is 1. The fraction of sp³-hybridized carbons (Fsp3) is 0. The number of urea groups is 1. The molecule has 0 radical (unpaired) electrons. The number of hydrogen-bond donors (Lipinski definition) is 2. The summed E-state index contributed by atoms with van der Waals surface area (Å²) in [7, 11) is 0. The second-order valence-corrected chi connectivity index (χ2v) is 3.18. The van der Waals surface area contributed by atoms with Gasteiger partial charge in [-0.2, -0.15) is 5.10 Å². The number of nitrogens with zero attached hydrogens (tertiary/aromatic N) is 2. The van der Waals surface area contributed by atoms with Gasteiger partial charge in [0.1, 0.15) is 0 Å². The van der Waals surface area contributed by atoms with Gasteiger partial charge in [-0.05, 0) is 11.5 Å². The van der Waals surface area contributed by atoms with E-state index in [-0.39, 0.29) is 0 Å². The van der Waals surface area contributed by atoms with E-state index in [9.17, 15) is 4.79 Å². The van der Waals surface area contributed by atoms with Crippen LogP contribution in [0.4, 0.5) is 4.79 Å². The van der Waals surface area contributed by atoms with Gasteiger partial charge >= 0.3 is 6.03 Å². The summed E-state index contributed by atoms with van der Waals surface area (Å²) in [5.41, 5.74) is 7.94. The molecule has 5 nitrogen and oxygen atoms in total. The van der Waals surface area contributed by atoms with Crippen molar-refractivity contribution in [1.82, 2.24) is 10.4 Å². The predicted octanol–water partition coefficient (Wildman–Crippen LogP) is 1.24. The number of rotatable bonds is 2. The average molecular weight is 214 g/mol. The number of aromatic nitrogens is 1. The van der Waals surface area contributed by atoms with E-state index in [1.165, 1.54) is 0 Å². The Bertz CT molecular complexity index is 545. The van der Waals surface area contributed by atoms with Crippen LogP contribution in [0.1, 0.15) is 5.56 Å². The zero-order chi connectivity index (χ0) is 11.4. The van der Waals surface area contributed by atoms with E-state index in [0.29, 0.717) is 0 Å². The Kier molecular flexibility index (Phi) is 2.77. The highest BCUT2D eigenvalue weighted by Gasteiger charge is 1.97. The third-order valence-electron chi connectivity index (χ3n) is 2.09. The fourth-order valence-corrected chi connectivity index (χ4v) is 1.43. The van der Waals surface area contributed by atoms with Crippen LogP contribution in [0.25, 0.3) is 10.8 Å². The van der Waals surface area contributed by atoms with E-state index in [1.54, 1.807) is 18.6 Å². The van der Waals surface area contributed by atoms with Crippen LogP contribution in [-0.4, -0.2) is 17.2 Å². The van der Waals surface area contributed by atoms with Gasteiger partial charge in [0, 0.05) is 23.3 Å². The predicted molar refractivity (Wildman–Crippen MR) is 62.1 cm³/mol. The van der Waals surface area contributed by atoms with Crippen LogP contribution in [0, 0.1) is 0 Å². The zero-order valence-corrected chi connectivity index (χ0v) is 8.42. The summed E-state index contributed by atoms with van der Waals surface area (Å²) in [6.07, 6.45) is 5.03. The van der Waals surface area contributed by atoms with E-state index >= 15 is 0 Å². The molecule has 2 aromatic rings. The fourth-order valence-electron chi connectivity index (χ4n) is 1.43. The molecule has 1 aromatic heterocycles. The van der Waals surface area contributed by atoms with Crippen LogP contribution in [0.5, 0.6) is 0 Å². The molecule has 3 N–H and O–H groups in total. The second kappa shape index (κ2) is 4.39. The lowest BCUT2D eigenvalue weighted by Gasteiger charge is -2.00. The molecule has 5 heteroatoms. The Balaban J connectivity index is 2.37. The van der Waals surface area contributed by atoms with E-state index in [1.807, 2.05) is 24.3 Å². The van der Waals surface area contributed by atoms with E-state index in [2.05, 4.69) is 15.5 Å². The van der Waals surface area contributed by atoms with Crippen LogP contribution >= 0.6 is 0 Å². The molecule has 0 aliphatic rings. The number of fused-ring (bicyclic) bond motifs is 1. The average Bonchev–Trinajstić information content (AvgIpc) is 2.29. The molecule has 0 unspecified atom stereocenters. The number of benzene rings is 1. The molecule has 0 saturated carbocycles. The molecule has 0 bridgehead atoms. The third kappa shape index (κ3) is 2.14. The summed E-state index contributed by atoms with van der Waals surface area (Å²) in [6, 6.07) is 6.96. The normalized spacial score (nSPS) is 10.8. The Morgan fingerprint density at radius 1 is 1.44 bits per heavy atom. The molecule has 0 fully saturated rings. The number of amides is 2. The maximum Gasteiger partial charge on any atom is 0.332 e. The smallest absolute Gasteiger partial charge is 0.332 e. The summed E-state index contributed by atoms with van der Waals surface area (Å²) in [5, 5.41) is 5.76. The summed E-state index contributed by atoms with van der Waals surface area (Å²) in [6.45, 7) is 0. The third-order valence-corrected chi connectivity index (χ3v) is 2.09. The SMILES string of the molecule is NC(=O)N/N=C/c1cccc2cnccc12. The Labute approximate surface area is 92.0 Å². The van der Waals surface area contributed by atoms with Gasteiger partial charge in [-0.3, -0.25) is 4.98 Å². The van der Waals surface area contributed by atoms with Crippen LogP contribution in [0.15, 0.2) is 41.8 Å². The van der Waals surface area contributed by atoms with Gasteiger partial charge in [0.25, 0.3) is 0 Å². The van der Waals surface area contributed by atoms with E-state index in [0.717, 1.165) is 16.3 Å². The molecule has 2 rings (SSSR count). The lowest BCUT2D eigenvalue weighted by molar-refractivity contribution is 0.249. The number of nitrogens with one attached hydrogen (secondary N) is 1. The second-order valence-electron chi connectivity index (χ2n) is 3.18. The molecule has 0 atom stereocenters. The summed E-state index contributed by atoms with van der Waals surface area (Å²) in [5.74, 6) is 0. The van der Waals surface area contributed by atoms with Gasteiger partial charge in [-0.15, -0.1) is 0 Å². The van der Waals surface area contributed by atoms with Gasteiger partial charge in [0.15, 0.2) is 0 Å². The molecule has 16 heavy (non-hydrogen) atoms. The van der Waals surface area contributed by atoms with Crippen LogP contribution in [-0.2, 0) is 0 Å². The molecule has 0 aliphatic carbocycles. The number of nitrogens with two attached hydrogens (primary N) is 1. The number of primary amides is 1. The van der Waals surface area contributed by atoms with Crippen molar-refractivity contribution in [3.05, 3.63) is 42.2 Å². The van der Waals surface area contributed by atoms with E-state index < -0.39 is 6.03 Å². The van der Waals surface area contributed by atoms with Crippen LogP contribution in [0.2, 0.25) is 0 Å². The maximum absolute atomic E-state index is 10.4. The molecule has 0 saturated heterocycles. The molecule has 0 spiro atoms. The van der Waals surface area contributed by atoms with Crippen molar-refractivity contribution in [2.24, 2.45) is 10.8 Å². The minimum Gasteiger partial charge on any atom is -0.350 e. The van der Waals surface area contributed by atoms with Gasteiger partial charge in [0.2, 0.25) is 0 Å². The van der Waals surface area contributed by atoms with Crippen molar-refractivity contribution in [3.8, 4) is 0 Å². The maximum atomic E-state index is 10.4. The number of hydrogen-bond acceptors (Lipinski definition) is 3. The van der Waals surface area contributed by atoms with Crippen molar-refractivity contribution in [2.45, 2.75) is 0 Å². The standard InChI is InChI=1S/C11H10N4O/c12-11(16)15-14-7-9-3-1-2-8-6-13-5-4-10(8)9/h1-7H,(H3,12,15,16)/b14-7+. The number of pyridine rings is 1. The first-order chi connectivity index (χ1) is 7.77. The molecule has 80 valence electrons. The lowest BCUT2D eigenvalue weighted by atomic mass is 10.1. The van der Waals surface area contributed by atoms with Gasteiger partial charge in [0.05, 0.1) is 6.21 Å². The Hall–Kier alpha value is -2.43. The first-order valence-electron chi connectivity index (χ1n) is 4.68. The largest absolute Gasteiger partial charge is 0.350 e. The quantitative estimate of drug-likeness (QED) is 0.582. The monoisotopic (exact) mass is 214 g/mol. The zero-order valence-electron chi connectivity index (χ0n) is 8.42. The lowest BCUT2D eigenvalue weighted by Crippen LogP contribution is -2.24. The molecular formula is C11H10N4O. The van der Waals surface area contributed by atoms with Crippen molar-refractivity contribution < 1.29 is 4.79 Å². The summed E-state index contributed by atoms with van der Waals surface area (Å²) < 4.78 is 0. The molecule has 0 aliphatic heterocycles. The molecular weight excluding hydrogens is 204 g/mol. The molecule has 2 amide bonds. The summed E-state index contributed by atoms with van der Waals surface area (Å²) in [4.78, 5) is 14.5. The minimum absolute atomic E-state index is 0.682. The molecule has 1 aromatic carbocycles. The first-order valence-corrected chi connectivity index (χ1v) is 4.68. The minimum atomic E-state index is -0.682. The van der Waals surface area contributed by atoms with Crippen molar-refractivity contribution >= 4 is 23.0 Å². The van der Waals surface area contributed by atoms with Gasteiger partial charge in [-0.1, -0.05) is 18.2 Å². The highest BCUT2D eigenvalue weighted by molar-refractivity contribution is 5.99. The first kappa shape index (κ1) is 10.1. The van der Waals surface area contributed by atoms with Crippen LogP contribution in [0.3, 0.4) is 0 Å². The van der Waals surface area contributed by atoms with Crippen molar-refractivity contribution in [2.75, 3.05) is 0 Å². The van der Waals surface area contributed by atoms with Crippen LogP contribution < -0.4 is 11.2 Å². The molecule has 1 heterocycles. The topological polar surface area (TPSA) is 80.4 Å². The van der Waals surface area contributed by atoms with Gasteiger partial charge < -0.3 is 5.73 Å². The van der Waals surface area contributed by atoms with Crippen molar-refractivity contribution in [3.63, 3.8) is 0 Å². The highest BCUT2D eigenvalue weighted by atomic mass is 16.2. The van der Waals surface area contributed by atoms with Gasteiger partial charge in [-0.25, -0.2) is 10.2 Å². The Morgan fingerprint density at radius 2 is 2.31 bits per heavy atom. The number of hydrazone groups is 1. The van der Waals surface area contributed by atoms with E-state index in [4.69, 9.17) is 5.73 Å².